The summed E-state index contributed by atoms with van der Waals surface area (Å²) in [4.78, 5) is 12.3. The summed E-state index contributed by atoms with van der Waals surface area (Å²) in [6.45, 7) is 0.648. The Labute approximate surface area is 183 Å². The first kappa shape index (κ1) is 21.2. The molecule has 0 bridgehead atoms. The zero-order valence-electron chi connectivity index (χ0n) is 16.0. The Morgan fingerprint density at radius 2 is 1.77 bits per heavy atom. The molecule has 0 spiro atoms. The minimum Gasteiger partial charge on any atom is -0.489 e. The number of ether oxygens (including phenoxy) is 2. The highest BCUT2D eigenvalue weighted by molar-refractivity contribution is 9.10. The highest BCUT2D eigenvalue weighted by atomic mass is 79.9. The van der Waals surface area contributed by atoms with Crippen LogP contribution in [0.1, 0.15) is 21.5 Å². The zero-order chi connectivity index (χ0) is 21.2. The highest BCUT2D eigenvalue weighted by Gasteiger charge is 2.05. The lowest BCUT2D eigenvalue weighted by Crippen LogP contribution is -2.17. The number of benzene rings is 3. The number of hydrogen-bond acceptors (Lipinski definition) is 4. The van der Waals surface area contributed by atoms with Crippen molar-refractivity contribution in [1.82, 2.24) is 5.43 Å². The molecule has 30 heavy (non-hydrogen) atoms. The average Bonchev–Trinajstić information content (AvgIpc) is 2.79. The molecule has 3 rings (SSSR count). The third-order valence-corrected chi connectivity index (χ3v) is 4.75. The molecule has 150 valence electrons. The lowest BCUT2D eigenvalue weighted by Gasteiger charge is -2.07. The standard InChI is InChI=1S/C24H19BrN2O3/c1-2-14-29-22-12-13-23(25)20(15-22)16-26-27-24(28)19-8-10-21(11-9-19)30-17-18-6-4-3-5-7-18/h1,3-13,15-16H,14,17H2,(H,27,28). The van der Waals surface area contributed by atoms with Crippen molar-refractivity contribution in [3.8, 4) is 23.8 Å². The van der Waals surface area contributed by atoms with E-state index in [-0.39, 0.29) is 12.5 Å². The van der Waals surface area contributed by atoms with Crippen LogP contribution in [-0.4, -0.2) is 18.7 Å². The second-order valence-corrected chi connectivity index (χ2v) is 7.03. The lowest BCUT2D eigenvalue weighted by atomic mass is 10.2. The predicted octanol–water partition coefficient (Wildman–Crippen LogP) is 4.80. The van der Waals surface area contributed by atoms with Gasteiger partial charge in [-0.2, -0.15) is 5.10 Å². The van der Waals surface area contributed by atoms with Gasteiger partial charge < -0.3 is 9.47 Å². The fourth-order valence-corrected chi connectivity index (χ4v) is 2.85. The molecule has 3 aromatic rings. The molecular weight excluding hydrogens is 444 g/mol. The third kappa shape index (κ3) is 6.23. The summed E-state index contributed by atoms with van der Waals surface area (Å²) in [5, 5.41) is 4.02. The van der Waals surface area contributed by atoms with E-state index in [4.69, 9.17) is 15.9 Å². The molecule has 0 saturated heterocycles. The van der Waals surface area contributed by atoms with Crippen LogP contribution in [0, 0.1) is 12.3 Å². The van der Waals surface area contributed by atoms with Gasteiger partial charge in [-0.05, 0) is 48.0 Å². The van der Waals surface area contributed by atoms with Crippen LogP contribution in [0.2, 0.25) is 0 Å². The van der Waals surface area contributed by atoms with Gasteiger partial charge in [0.2, 0.25) is 0 Å². The summed E-state index contributed by atoms with van der Waals surface area (Å²) in [5.74, 6) is 3.40. The number of carbonyl (C=O) groups excluding carboxylic acids is 1. The molecule has 1 N–H and O–H groups in total. The van der Waals surface area contributed by atoms with Crippen LogP contribution in [-0.2, 0) is 6.61 Å². The maximum absolute atomic E-state index is 12.3. The maximum Gasteiger partial charge on any atom is 0.271 e. The molecule has 0 fully saturated rings. The van der Waals surface area contributed by atoms with E-state index >= 15 is 0 Å². The number of nitrogens with one attached hydrogen (secondary N) is 1. The number of rotatable bonds is 8. The molecule has 5 nitrogen and oxygen atoms in total. The van der Waals surface area contributed by atoms with Crippen molar-refractivity contribution < 1.29 is 14.3 Å². The molecule has 0 aromatic heterocycles. The largest absolute Gasteiger partial charge is 0.489 e. The number of hydrogen-bond donors (Lipinski definition) is 1. The van der Waals surface area contributed by atoms with Gasteiger partial charge in [-0.1, -0.05) is 52.2 Å². The Bertz CT molecular complexity index is 1060. The number of hydrazone groups is 1. The minimum atomic E-state index is -0.322. The molecule has 0 saturated carbocycles. The molecule has 0 unspecified atom stereocenters. The molecule has 0 atom stereocenters. The minimum absolute atomic E-state index is 0.181. The Balaban J connectivity index is 1.55. The van der Waals surface area contributed by atoms with Crippen molar-refractivity contribution in [2.45, 2.75) is 6.61 Å². The number of carbonyl (C=O) groups is 1. The van der Waals surface area contributed by atoms with Crippen molar-refractivity contribution in [3.05, 3.63) is 94.0 Å². The summed E-state index contributed by atoms with van der Waals surface area (Å²) in [6, 6.07) is 22.2. The molecule has 0 aliphatic carbocycles. The van der Waals surface area contributed by atoms with E-state index in [1.807, 2.05) is 36.4 Å². The second-order valence-electron chi connectivity index (χ2n) is 6.17. The Kier molecular flexibility index (Phi) is 7.64. The molecular formula is C24H19BrN2O3. The molecule has 1 amide bonds. The van der Waals surface area contributed by atoms with Gasteiger partial charge in [-0.15, -0.1) is 6.42 Å². The van der Waals surface area contributed by atoms with Gasteiger partial charge in [0.15, 0.2) is 0 Å². The lowest BCUT2D eigenvalue weighted by molar-refractivity contribution is 0.0955. The maximum atomic E-state index is 12.3. The molecule has 0 aliphatic heterocycles. The molecule has 0 heterocycles. The Hall–Kier alpha value is -3.56. The van der Waals surface area contributed by atoms with Gasteiger partial charge in [0.1, 0.15) is 24.7 Å². The van der Waals surface area contributed by atoms with Crippen LogP contribution in [0.15, 0.2) is 82.4 Å². The monoisotopic (exact) mass is 462 g/mol. The predicted molar refractivity (Wildman–Crippen MR) is 121 cm³/mol. The normalized spacial score (nSPS) is 10.4. The van der Waals surface area contributed by atoms with E-state index in [0.717, 1.165) is 15.6 Å². The van der Waals surface area contributed by atoms with Crippen LogP contribution in [0.5, 0.6) is 11.5 Å². The zero-order valence-corrected chi connectivity index (χ0v) is 17.6. The van der Waals surface area contributed by atoms with Gasteiger partial charge in [0.05, 0.1) is 6.21 Å². The quantitative estimate of drug-likeness (QED) is 0.297. The Morgan fingerprint density at radius 1 is 1.03 bits per heavy atom. The summed E-state index contributed by atoms with van der Waals surface area (Å²) in [7, 11) is 0. The number of terminal acetylenes is 1. The number of halogens is 1. The van der Waals surface area contributed by atoms with Crippen molar-refractivity contribution >= 4 is 28.1 Å². The van der Waals surface area contributed by atoms with Crippen LogP contribution < -0.4 is 14.9 Å². The first-order valence-corrected chi connectivity index (χ1v) is 9.91. The van der Waals surface area contributed by atoms with Gasteiger partial charge in [-0.3, -0.25) is 4.79 Å². The molecule has 0 aliphatic rings. The summed E-state index contributed by atoms with van der Waals surface area (Å²) >= 11 is 3.44. The van der Waals surface area contributed by atoms with Crippen molar-refractivity contribution in [1.29, 1.82) is 0 Å². The van der Waals surface area contributed by atoms with E-state index in [9.17, 15) is 4.79 Å². The van der Waals surface area contributed by atoms with Gasteiger partial charge in [0, 0.05) is 15.6 Å². The number of nitrogens with zero attached hydrogens (tertiary/aromatic N) is 1. The highest BCUT2D eigenvalue weighted by Crippen LogP contribution is 2.21. The molecule has 0 radical (unpaired) electrons. The fourth-order valence-electron chi connectivity index (χ4n) is 2.50. The van der Waals surface area contributed by atoms with E-state index in [1.54, 1.807) is 36.4 Å². The first-order chi connectivity index (χ1) is 14.7. The number of amides is 1. The van der Waals surface area contributed by atoms with E-state index in [1.165, 1.54) is 6.21 Å². The van der Waals surface area contributed by atoms with Crippen LogP contribution in [0.4, 0.5) is 0 Å². The van der Waals surface area contributed by atoms with Crippen molar-refractivity contribution in [2.75, 3.05) is 6.61 Å². The summed E-state index contributed by atoms with van der Waals surface area (Å²) in [6.07, 6.45) is 6.73. The third-order valence-electron chi connectivity index (χ3n) is 4.02. The van der Waals surface area contributed by atoms with Gasteiger partial charge in [0.25, 0.3) is 5.91 Å². The smallest absolute Gasteiger partial charge is 0.271 e. The van der Waals surface area contributed by atoms with Crippen LogP contribution in [0.25, 0.3) is 0 Å². The SMILES string of the molecule is C#CCOc1ccc(Br)c(C=NNC(=O)c2ccc(OCc3ccccc3)cc2)c1. The summed E-state index contributed by atoms with van der Waals surface area (Å²) < 4.78 is 11.9. The van der Waals surface area contributed by atoms with E-state index in [2.05, 4.69) is 32.4 Å². The van der Waals surface area contributed by atoms with Gasteiger partial charge in [-0.25, -0.2) is 5.43 Å². The van der Waals surface area contributed by atoms with E-state index in [0.29, 0.717) is 23.7 Å². The molecule has 3 aromatic carbocycles. The van der Waals surface area contributed by atoms with Gasteiger partial charge >= 0.3 is 0 Å². The fraction of sp³-hybridized carbons (Fsp3) is 0.0833. The van der Waals surface area contributed by atoms with Crippen molar-refractivity contribution in [2.24, 2.45) is 5.10 Å². The first-order valence-electron chi connectivity index (χ1n) is 9.12. The Morgan fingerprint density at radius 3 is 2.50 bits per heavy atom. The molecule has 6 heteroatoms. The second kappa shape index (κ2) is 10.8. The summed E-state index contributed by atoms with van der Waals surface area (Å²) in [5.41, 5.74) is 4.81. The average molecular weight is 463 g/mol. The topological polar surface area (TPSA) is 59.9 Å². The van der Waals surface area contributed by atoms with Crippen LogP contribution >= 0.6 is 15.9 Å². The van der Waals surface area contributed by atoms with Crippen LogP contribution in [0.3, 0.4) is 0 Å². The van der Waals surface area contributed by atoms with Crippen molar-refractivity contribution in [3.63, 3.8) is 0 Å². The van der Waals surface area contributed by atoms with E-state index < -0.39 is 0 Å².